The van der Waals surface area contributed by atoms with Crippen molar-refractivity contribution >= 4 is 49.8 Å². The Labute approximate surface area is 267 Å². The summed E-state index contributed by atoms with van der Waals surface area (Å²) >= 11 is 6.69. The molecule has 0 unspecified atom stereocenters. The molecule has 2 aromatic carbocycles. The molecule has 232 valence electrons. The lowest BCUT2D eigenvalue weighted by molar-refractivity contribution is -0.131. The Morgan fingerprint density at radius 2 is 1.89 bits per heavy atom. The maximum absolute atomic E-state index is 12.3. The SMILES string of the molecule is [C-]#[N+]C[C@H]1CN(c2nc(CCc3cnccc3S(N)(=O)=O)nc3c2CCN(c2cccc4cccc(Cl)c24)C3)CCN1C(C)=O. The molecule has 2 aliphatic rings. The van der Waals surface area contributed by atoms with Gasteiger partial charge in [0.15, 0.2) is 0 Å². The van der Waals surface area contributed by atoms with E-state index in [0.29, 0.717) is 61.9 Å². The van der Waals surface area contributed by atoms with Gasteiger partial charge in [-0.2, -0.15) is 0 Å². The number of sulfonamides is 1. The predicted molar refractivity (Wildman–Crippen MR) is 174 cm³/mol. The molecule has 0 spiro atoms. The van der Waals surface area contributed by atoms with E-state index in [2.05, 4.69) is 37.8 Å². The smallest absolute Gasteiger partial charge is 0.238 e. The minimum Gasteiger partial charge on any atom is -0.365 e. The molecular formula is C32H33ClN8O3S. The number of benzene rings is 2. The highest BCUT2D eigenvalue weighted by Gasteiger charge is 2.34. The molecule has 4 aromatic rings. The number of anilines is 2. The van der Waals surface area contributed by atoms with Crippen LogP contribution in [0.3, 0.4) is 0 Å². The van der Waals surface area contributed by atoms with E-state index in [4.69, 9.17) is 33.3 Å². The quantitative estimate of drug-likeness (QED) is 0.302. The fourth-order valence-electron chi connectivity index (χ4n) is 6.43. The average molecular weight is 645 g/mol. The van der Waals surface area contributed by atoms with E-state index in [1.54, 1.807) is 11.8 Å². The number of amides is 1. The zero-order valence-corrected chi connectivity index (χ0v) is 26.4. The van der Waals surface area contributed by atoms with Gasteiger partial charge in [-0.25, -0.2) is 30.1 Å². The number of aryl methyl sites for hydroxylation is 2. The molecule has 45 heavy (non-hydrogen) atoms. The highest BCUT2D eigenvalue weighted by Crippen LogP contribution is 2.37. The van der Waals surface area contributed by atoms with Crippen molar-refractivity contribution in [3.8, 4) is 0 Å². The Hall–Kier alpha value is -4.31. The maximum Gasteiger partial charge on any atom is 0.238 e. The standard InChI is InChI=1S/C32H33ClN8O3S/c1-21(42)41-16-15-40(19-24(41)18-35-2)32-25-12-14-39(28-8-4-6-22-5-3-7-26(33)31(22)28)20-27(25)37-30(38-32)10-9-23-17-36-13-11-29(23)45(34,43)44/h3-8,11,13,17,24H,9-10,12,14-16,18-20H2,1H3,(H2,34,43,44)/t24-/m0/s1. The van der Waals surface area contributed by atoms with Gasteiger partial charge < -0.3 is 19.5 Å². The van der Waals surface area contributed by atoms with Gasteiger partial charge in [-0.1, -0.05) is 35.9 Å². The molecule has 2 aliphatic heterocycles. The van der Waals surface area contributed by atoms with Crippen LogP contribution >= 0.6 is 11.6 Å². The van der Waals surface area contributed by atoms with Crippen LogP contribution in [0.5, 0.6) is 0 Å². The van der Waals surface area contributed by atoms with E-state index < -0.39 is 10.0 Å². The fourth-order valence-corrected chi connectivity index (χ4v) is 7.48. The Bertz CT molecular complexity index is 1920. The number of pyridine rings is 1. The molecule has 4 heterocycles. The molecule has 1 saturated heterocycles. The van der Waals surface area contributed by atoms with E-state index in [0.717, 1.165) is 40.1 Å². The first kappa shape index (κ1) is 30.7. The highest BCUT2D eigenvalue weighted by molar-refractivity contribution is 7.89. The van der Waals surface area contributed by atoms with Crippen LogP contribution in [0.2, 0.25) is 5.02 Å². The molecule has 13 heteroatoms. The lowest BCUT2D eigenvalue weighted by Gasteiger charge is -2.41. The zero-order valence-electron chi connectivity index (χ0n) is 24.9. The summed E-state index contributed by atoms with van der Waals surface area (Å²) in [5.74, 6) is 1.34. The topological polar surface area (TPSA) is 130 Å². The lowest BCUT2D eigenvalue weighted by atomic mass is 10.0. The Balaban J connectivity index is 1.38. The first-order chi connectivity index (χ1) is 21.6. The van der Waals surface area contributed by atoms with Gasteiger partial charge in [-0.3, -0.25) is 9.78 Å². The minimum absolute atomic E-state index is 0.0389. The van der Waals surface area contributed by atoms with Crippen LogP contribution in [0, 0.1) is 6.57 Å². The number of piperazine rings is 1. The van der Waals surface area contributed by atoms with Gasteiger partial charge in [-0.05, 0) is 42.0 Å². The van der Waals surface area contributed by atoms with E-state index in [9.17, 15) is 13.2 Å². The number of nitrogens with two attached hydrogens (primary N) is 1. The van der Waals surface area contributed by atoms with Gasteiger partial charge in [0, 0.05) is 68.6 Å². The van der Waals surface area contributed by atoms with Crippen molar-refractivity contribution in [3.63, 3.8) is 0 Å². The van der Waals surface area contributed by atoms with E-state index in [-0.39, 0.29) is 23.4 Å². The third kappa shape index (κ3) is 6.29. The number of rotatable bonds is 7. The number of nitrogens with zero attached hydrogens (tertiary/aromatic N) is 7. The summed E-state index contributed by atoms with van der Waals surface area (Å²) in [6.07, 6.45) is 4.32. The molecular weight excluding hydrogens is 612 g/mol. The zero-order chi connectivity index (χ0) is 31.7. The van der Waals surface area contributed by atoms with Crippen molar-refractivity contribution < 1.29 is 13.2 Å². The van der Waals surface area contributed by atoms with Crippen molar-refractivity contribution in [3.05, 3.63) is 93.9 Å². The van der Waals surface area contributed by atoms with Crippen molar-refractivity contribution in [1.29, 1.82) is 0 Å². The maximum atomic E-state index is 12.3. The number of hydrogen-bond acceptors (Lipinski definition) is 8. The summed E-state index contributed by atoms with van der Waals surface area (Å²) in [6, 6.07) is 13.2. The molecule has 2 N–H and O–H groups in total. The first-order valence-electron chi connectivity index (χ1n) is 14.8. The van der Waals surface area contributed by atoms with Crippen LogP contribution in [0.25, 0.3) is 15.6 Å². The number of hydrogen-bond donors (Lipinski definition) is 1. The van der Waals surface area contributed by atoms with Crippen LogP contribution in [0.4, 0.5) is 11.5 Å². The van der Waals surface area contributed by atoms with Crippen molar-refractivity contribution in [2.75, 3.05) is 42.5 Å². The molecule has 1 atom stereocenters. The molecule has 0 aliphatic carbocycles. The predicted octanol–water partition coefficient (Wildman–Crippen LogP) is 3.63. The van der Waals surface area contributed by atoms with Crippen LogP contribution in [-0.2, 0) is 40.6 Å². The summed E-state index contributed by atoms with van der Waals surface area (Å²) in [6.45, 7) is 12.1. The molecule has 6 rings (SSSR count). The second kappa shape index (κ2) is 12.6. The van der Waals surface area contributed by atoms with Gasteiger partial charge in [0.05, 0.1) is 22.2 Å². The van der Waals surface area contributed by atoms with Gasteiger partial charge in [0.2, 0.25) is 22.5 Å². The minimum atomic E-state index is -3.92. The molecule has 1 amide bonds. The average Bonchev–Trinajstić information content (AvgIpc) is 3.02. The van der Waals surface area contributed by atoms with Gasteiger partial charge in [-0.15, -0.1) is 0 Å². The van der Waals surface area contributed by atoms with E-state index in [1.165, 1.54) is 18.5 Å². The molecule has 0 radical (unpaired) electrons. The van der Waals surface area contributed by atoms with Gasteiger partial charge in [0.25, 0.3) is 0 Å². The summed E-state index contributed by atoms with van der Waals surface area (Å²) in [7, 11) is -3.92. The number of carbonyl (C=O) groups excluding carboxylic acids is 1. The van der Waals surface area contributed by atoms with Crippen molar-refractivity contribution in [2.45, 2.75) is 43.7 Å². The van der Waals surface area contributed by atoms with Crippen molar-refractivity contribution in [2.24, 2.45) is 5.14 Å². The molecule has 2 aromatic heterocycles. The normalized spacial score (nSPS) is 16.8. The van der Waals surface area contributed by atoms with Crippen molar-refractivity contribution in [1.82, 2.24) is 19.9 Å². The van der Waals surface area contributed by atoms with Gasteiger partial charge in [0.1, 0.15) is 17.7 Å². The van der Waals surface area contributed by atoms with Crippen LogP contribution < -0.4 is 14.9 Å². The van der Waals surface area contributed by atoms with Crippen LogP contribution in [-0.4, -0.2) is 72.9 Å². The summed E-state index contributed by atoms with van der Waals surface area (Å²) in [5.41, 5.74) is 3.47. The molecule has 0 bridgehead atoms. The summed E-state index contributed by atoms with van der Waals surface area (Å²) in [4.78, 5) is 36.4. The van der Waals surface area contributed by atoms with Gasteiger partial charge >= 0.3 is 0 Å². The monoisotopic (exact) mass is 644 g/mol. The largest absolute Gasteiger partial charge is 0.365 e. The number of fused-ring (bicyclic) bond motifs is 2. The number of primary sulfonamides is 1. The highest BCUT2D eigenvalue weighted by atomic mass is 35.5. The first-order valence-corrected chi connectivity index (χ1v) is 16.7. The fraction of sp³-hybridized carbons (Fsp3) is 0.344. The van der Waals surface area contributed by atoms with Crippen LogP contribution in [0.15, 0.2) is 59.8 Å². The summed E-state index contributed by atoms with van der Waals surface area (Å²) < 4.78 is 24.4. The Kier molecular flexibility index (Phi) is 8.59. The Morgan fingerprint density at radius 1 is 1.09 bits per heavy atom. The third-order valence-electron chi connectivity index (χ3n) is 8.53. The second-order valence-corrected chi connectivity index (χ2v) is 13.3. The molecule has 1 fully saturated rings. The summed E-state index contributed by atoms with van der Waals surface area (Å²) in [5, 5.41) is 8.22. The lowest BCUT2D eigenvalue weighted by Crippen LogP contribution is -2.56. The van der Waals surface area contributed by atoms with E-state index in [1.807, 2.05) is 18.2 Å². The number of carbonyl (C=O) groups is 1. The molecule has 11 nitrogen and oxygen atoms in total. The second-order valence-electron chi connectivity index (χ2n) is 11.4. The third-order valence-corrected chi connectivity index (χ3v) is 9.86. The Morgan fingerprint density at radius 3 is 2.64 bits per heavy atom. The van der Waals surface area contributed by atoms with Crippen LogP contribution in [0.1, 0.15) is 29.6 Å². The molecule has 0 saturated carbocycles. The number of halogens is 1. The number of aromatic nitrogens is 3. The van der Waals surface area contributed by atoms with E-state index >= 15 is 0 Å².